The monoisotopic (exact) mass is 344 g/mol. The molecular formula is C22H20N2O2. The zero-order valence-corrected chi connectivity index (χ0v) is 14.2. The largest absolute Gasteiger partial charge is 0.478 e. The fourth-order valence-electron chi connectivity index (χ4n) is 3.45. The van der Waals surface area contributed by atoms with Crippen molar-refractivity contribution in [2.45, 2.75) is 18.5 Å². The Hall–Kier alpha value is -2.95. The lowest BCUT2D eigenvalue weighted by atomic mass is 9.95. The minimum Gasteiger partial charge on any atom is -0.478 e. The minimum absolute atomic E-state index is 0.211. The number of carboxylic acid groups (broad SMARTS) is 1. The highest BCUT2D eigenvalue weighted by molar-refractivity contribution is 5.89. The molecule has 3 N–H and O–H groups in total. The summed E-state index contributed by atoms with van der Waals surface area (Å²) in [6.45, 7) is 0. The average Bonchev–Trinajstić information content (AvgIpc) is 3.19. The molecule has 0 aliphatic carbocycles. The van der Waals surface area contributed by atoms with E-state index in [1.807, 2.05) is 24.3 Å². The molecule has 1 aliphatic rings. The van der Waals surface area contributed by atoms with E-state index in [0.717, 1.165) is 17.5 Å². The second-order valence-electron chi connectivity index (χ2n) is 6.55. The lowest BCUT2D eigenvalue weighted by Crippen LogP contribution is -2.26. The number of hydrogen-bond donors (Lipinski definition) is 3. The van der Waals surface area contributed by atoms with Crippen LogP contribution >= 0.6 is 0 Å². The molecule has 4 nitrogen and oxygen atoms in total. The fourth-order valence-corrected chi connectivity index (χ4v) is 3.45. The number of aromatic carboxylic acids is 1. The zero-order chi connectivity index (χ0) is 17.9. The number of hydrogen-bond acceptors (Lipinski definition) is 3. The molecule has 0 aromatic heterocycles. The van der Waals surface area contributed by atoms with E-state index in [4.69, 9.17) is 0 Å². The topological polar surface area (TPSA) is 61.4 Å². The summed E-state index contributed by atoms with van der Waals surface area (Å²) in [4.78, 5) is 11.2. The van der Waals surface area contributed by atoms with Crippen molar-refractivity contribution in [3.8, 4) is 11.1 Å². The highest BCUT2D eigenvalue weighted by Crippen LogP contribution is 2.32. The van der Waals surface area contributed by atoms with Crippen molar-refractivity contribution in [3.05, 3.63) is 95.6 Å². The maximum atomic E-state index is 11.2. The number of carboxylic acids is 1. The van der Waals surface area contributed by atoms with Crippen molar-refractivity contribution in [1.82, 2.24) is 10.9 Å². The molecule has 2 atom stereocenters. The van der Waals surface area contributed by atoms with Gasteiger partial charge < -0.3 is 5.11 Å². The molecule has 1 fully saturated rings. The summed E-state index contributed by atoms with van der Waals surface area (Å²) >= 11 is 0. The number of benzene rings is 3. The Kier molecular flexibility index (Phi) is 4.52. The van der Waals surface area contributed by atoms with E-state index in [1.54, 1.807) is 18.2 Å². The van der Waals surface area contributed by atoms with Gasteiger partial charge in [-0.05, 0) is 46.9 Å². The predicted octanol–water partition coefficient (Wildman–Crippen LogP) is 4.33. The molecule has 0 spiro atoms. The third kappa shape index (κ3) is 3.38. The van der Waals surface area contributed by atoms with E-state index in [2.05, 4.69) is 47.2 Å². The van der Waals surface area contributed by atoms with Gasteiger partial charge in [0, 0.05) is 12.1 Å². The molecule has 0 radical (unpaired) electrons. The van der Waals surface area contributed by atoms with Crippen molar-refractivity contribution >= 4 is 5.97 Å². The van der Waals surface area contributed by atoms with Crippen LogP contribution in [0.4, 0.5) is 0 Å². The van der Waals surface area contributed by atoms with Crippen molar-refractivity contribution < 1.29 is 9.90 Å². The first-order valence-corrected chi connectivity index (χ1v) is 8.70. The Bertz CT molecular complexity index is 924. The van der Waals surface area contributed by atoms with Gasteiger partial charge in [-0.15, -0.1) is 0 Å². The molecule has 3 aromatic carbocycles. The maximum absolute atomic E-state index is 11.2. The fraction of sp³-hybridized carbons (Fsp3) is 0.136. The molecule has 0 saturated carbocycles. The predicted molar refractivity (Wildman–Crippen MR) is 102 cm³/mol. The highest BCUT2D eigenvalue weighted by atomic mass is 16.4. The second kappa shape index (κ2) is 7.12. The lowest BCUT2D eigenvalue weighted by Gasteiger charge is -2.12. The Balaban J connectivity index is 1.57. The normalized spacial score (nSPS) is 19.4. The van der Waals surface area contributed by atoms with Crippen LogP contribution in [0.5, 0.6) is 0 Å². The molecule has 0 bridgehead atoms. The van der Waals surface area contributed by atoms with E-state index in [1.165, 1.54) is 11.1 Å². The van der Waals surface area contributed by atoms with Gasteiger partial charge in [0.2, 0.25) is 0 Å². The Morgan fingerprint density at radius 1 is 0.769 bits per heavy atom. The van der Waals surface area contributed by atoms with Crippen LogP contribution in [-0.2, 0) is 0 Å². The number of nitrogens with one attached hydrogen (secondary N) is 2. The molecule has 3 aromatic rings. The van der Waals surface area contributed by atoms with Gasteiger partial charge in [0.05, 0.1) is 5.56 Å². The van der Waals surface area contributed by atoms with Crippen LogP contribution in [0.15, 0.2) is 78.9 Å². The summed E-state index contributed by atoms with van der Waals surface area (Å²) in [6.07, 6.45) is 0.961. The van der Waals surface area contributed by atoms with Crippen molar-refractivity contribution in [2.75, 3.05) is 0 Å². The number of hydrazine groups is 1. The van der Waals surface area contributed by atoms with Crippen molar-refractivity contribution in [1.29, 1.82) is 0 Å². The lowest BCUT2D eigenvalue weighted by molar-refractivity contribution is 0.0697. The summed E-state index contributed by atoms with van der Waals surface area (Å²) in [6, 6.07) is 26.2. The summed E-state index contributed by atoms with van der Waals surface area (Å²) in [5.74, 6) is -0.907. The van der Waals surface area contributed by atoms with Gasteiger partial charge in [0.15, 0.2) is 0 Å². The van der Waals surface area contributed by atoms with Gasteiger partial charge >= 0.3 is 5.97 Å². The Labute approximate surface area is 152 Å². The summed E-state index contributed by atoms with van der Waals surface area (Å²) < 4.78 is 0. The van der Waals surface area contributed by atoms with E-state index < -0.39 is 5.97 Å². The van der Waals surface area contributed by atoms with Gasteiger partial charge in [-0.25, -0.2) is 15.6 Å². The smallest absolute Gasteiger partial charge is 0.335 e. The minimum atomic E-state index is -0.907. The Morgan fingerprint density at radius 2 is 1.38 bits per heavy atom. The summed E-state index contributed by atoms with van der Waals surface area (Å²) in [7, 11) is 0. The number of carbonyl (C=O) groups is 1. The summed E-state index contributed by atoms with van der Waals surface area (Å²) in [5, 5.41) is 9.20. The molecule has 1 heterocycles. The molecule has 4 rings (SSSR count). The second-order valence-corrected chi connectivity index (χ2v) is 6.55. The molecule has 130 valence electrons. The molecule has 1 saturated heterocycles. The van der Waals surface area contributed by atoms with Crippen LogP contribution in [0, 0.1) is 0 Å². The standard InChI is InChI=1S/C22H20N2O2/c25-22(26)19-11-5-9-17(13-19)16-8-4-10-18(12-16)21-14-20(23-24-21)15-6-2-1-3-7-15/h1-13,20-21,23-24H,14H2,(H,25,26). The van der Waals surface area contributed by atoms with Crippen LogP contribution in [-0.4, -0.2) is 11.1 Å². The SMILES string of the molecule is O=C(O)c1cccc(-c2cccc(C3CC(c4ccccc4)NN3)c2)c1. The van der Waals surface area contributed by atoms with Gasteiger partial charge in [-0.1, -0.05) is 60.7 Å². The van der Waals surface area contributed by atoms with Gasteiger partial charge in [-0.2, -0.15) is 0 Å². The quantitative estimate of drug-likeness (QED) is 0.659. The molecule has 2 unspecified atom stereocenters. The molecule has 26 heavy (non-hydrogen) atoms. The first-order chi connectivity index (χ1) is 12.7. The van der Waals surface area contributed by atoms with Gasteiger partial charge in [0.1, 0.15) is 0 Å². The van der Waals surface area contributed by atoms with E-state index in [0.29, 0.717) is 5.56 Å². The first-order valence-electron chi connectivity index (χ1n) is 8.70. The van der Waals surface area contributed by atoms with Crippen LogP contribution in [0.25, 0.3) is 11.1 Å². The maximum Gasteiger partial charge on any atom is 0.335 e. The van der Waals surface area contributed by atoms with E-state index in [-0.39, 0.29) is 12.1 Å². The third-order valence-corrected chi connectivity index (χ3v) is 4.84. The third-order valence-electron chi connectivity index (χ3n) is 4.84. The van der Waals surface area contributed by atoms with E-state index >= 15 is 0 Å². The molecule has 0 amide bonds. The molecule has 4 heteroatoms. The Morgan fingerprint density at radius 3 is 2.12 bits per heavy atom. The number of rotatable bonds is 4. The van der Waals surface area contributed by atoms with Crippen LogP contribution in [0.3, 0.4) is 0 Å². The molecule has 1 aliphatic heterocycles. The van der Waals surface area contributed by atoms with Crippen molar-refractivity contribution in [3.63, 3.8) is 0 Å². The molecular weight excluding hydrogens is 324 g/mol. The van der Waals surface area contributed by atoms with Crippen molar-refractivity contribution in [2.24, 2.45) is 0 Å². The highest BCUT2D eigenvalue weighted by Gasteiger charge is 2.26. The van der Waals surface area contributed by atoms with Crippen LogP contribution < -0.4 is 10.9 Å². The first kappa shape index (κ1) is 16.5. The van der Waals surface area contributed by atoms with Gasteiger partial charge in [-0.3, -0.25) is 0 Å². The van der Waals surface area contributed by atoms with Crippen LogP contribution in [0.1, 0.15) is 40.0 Å². The average molecular weight is 344 g/mol. The van der Waals surface area contributed by atoms with E-state index in [9.17, 15) is 9.90 Å². The van der Waals surface area contributed by atoms with Crippen LogP contribution in [0.2, 0.25) is 0 Å². The van der Waals surface area contributed by atoms with Gasteiger partial charge in [0.25, 0.3) is 0 Å². The summed E-state index contributed by atoms with van der Waals surface area (Å²) in [5.41, 5.74) is 11.5. The zero-order valence-electron chi connectivity index (χ0n) is 14.2.